The summed E-state index contributed by atoms with van der Waals surface area (Å²) in [6.45, 7) is 2.77. The van der Waals surface area contributed by atoms with E-state index >= 15 is 0 Å². The van der Waals surface area contributed by atoms with Crippen molar-refractivity contribution in [2.24, 2.45) is 0 Å². The van der Waals surface area contributed by atoms with E-state index in [-0.39, 0.29) is 12.1 Å². The van der Waals surface area contributed by atoms with Gasteiger partial charge in [0.05, 0.1) is 23.4 Å². The first-order chi connectivity index (χ1) is 12.2. The van der Waals surface area contributed by atoms with Crippen LogP contribution in [0.5, 0.6) is 0 Å². The van der Waals surface area contributed by atoms with Crippen LogP contribution in [0.2, 0.25) is 0 Å². The van der Waals surface area contributed by atoms with E-state index in [9.17, 15) is 4.79 Å². The fourth-order valence-corrected chi connectivity index (χ4v) is 3.59. The number of piperidine rings is 1. The maximum absolute atomic E-state index is 13.0. The average molecular weight is 335 g/mol. The topological polar surface area (TPSA) is 73.9 Å². The Hall–Kier alpha value is -2.89. The zero-order chi connectivity index (χ0) is 17.2. The highest BCUT2D eigenvalue weighted by Gasteiger charge is 2.29. The molecule has 2 amide bonds. The lowest BCUT2D eigenvalue weighted by molar-refractivity contribution is 0.163. The normalized spacial score (nSPS) is 17.6. The lowest BCUT2D eigenvalue weighted by Gasteiger charge is -2.35. The molecule has 6 heteroatoms. The molecule has 0 spiro atoms. The van der Waals surface area contributed by atoms with Crippen molar-refractivity contribution in [2.75, 3.05) is 11.9 Å². The van der Waals surface area contributed by atoms with Crippen LogP contribution < -0.4 is 5.32 Å². The number of nitrogens with one attached hydrogen (secondary N) is 2. The molecule has 3 heterocycles. The largest absolute Gasteiger partial charge is 0.322 e. The number of pyridine rings is 1. The molecule has 4 rings (SSSR count). The molecule has 6 nitrogen and oxygen atoms in total. The number of benzene rings is 1. The van der Waals surface area contributed by atoms with Crippen LogP contribution in [-0.2, 0) is 0 Å². The number of urea groups is 1. The van der Waals surface area contributed by atoms with Crippen molar-refractivity contribution in [3.05, 3.63) is 54.0 Å². The Morgan fingerprint density at radius 2 is 2.28 bits per heavy atom. The molecule has 1 aliphatic heterocycles. The van der Waals surface area contributed by atoms with E-state index in [0.717, 1.165) is 53.5 Å². The Bertz CT molecular complexity index is 890. The van der Waals surface area contributed by atoms with Gasteiger partial charge in [-0.05, 0) is 49.9 Å². The van der Waals surface area contributed by atoms with Crippen molar-refractivity contribution in [3.63, 3.8) is 0 Å². The number of carbonyl (C=O) groups is 1. The number of aromatic amines is 1. The summed E-state index contributed by atoms with van der Waals surface area (Å²) in [6, 6.07) is 7.96. The summed E-state index contributed by atoms with van der Waals surface area (Å²) in [4.78, 5) is 19.3. The number of nitrogens with zero attached hydrogens (tertiary/aromatic N) is 3. The van der Waals surface area contributed by atoms with Gasteiger partial charge in [0.1, 0.15) is 0 Å². The second-order valence-electron chi connectivity index (χ2n) is 6.55. The zero-order valence-corrected chi connectivity index (χ0v) is 14.2. The number of rotatable bonds is 2. The molecule has 0 bridgehead atoms. The third kappa shape index (κ3) is 3.07. The maximum atomic E-state index is 13.0. The summed E-state index contributed by atoms with van der Waals surface area (Å²) in [5.74, 6) is 0. The van der Waals surface area contributed by atoms with E-state index in [0.29, 0.717) is 0 Å². The van der Waals surface area contributed by atoms with E-state index in [1.54, 1.807) is 12.4 Å². The molecule has 1 aromatic carbocycles. The number of aryl methyl sites for hydroxylation is 1. The molecule has 3 aromatic rings. The molecule has 1 aliphatic rings. The highest BCUT2D eigenvalue weighted by atomic mass is 16.2. The van der Waals surface area contributed by atoms with E-state index in [1.807, 2.05) is 36.2 Å². The van der Waals surface area contributed by atoms with Gasteiger partial charge in [-0.25, -0.2) is 4.79 Å². The molecule has 1 atom stereocenters. The smallest absolute Gasteiger partial charge is 0.317 e. The first kappa shape index (κ1) is 15.6. The zero-order valence-electron chi connectivity index (χ0n) is 14.2. The van der Waals surface area contributed by atoms with Gasteiger partial charge >= 0.3 is 6.03 Å². The number of aromatic nitrogens is 3. The molecular weight excluding hydrogens is 314 g/mol. The summed E-state index contributed by atoms with van der Waals surface area (Å²) in [5, 5.41) is 11.0. The summed E-state index contributed by atoms with van der Waals surface area (Å²) < 4.78 is 0. The summed E-state index contributed by atoms with van der Waals surface area (Å²) in [7, 11) is 0. The molecule has 0 unspecified atom stereocenters. The Kier molecular flexibility index (Phi) is 4.09. The molecule has 2 aromatic heterocycles. The molecular formula is C19H21N5O. The Morgan fingerprint density at radius 3 is 3.12 bits per heavy atom. The fourth-order valence-electron chi connectivity index (χ4n) is 3.59. The summed E-state index contributed by atoms with van der Waals surface area (Å²) in [6.07, 6.45) is 8.53. The third-order valence-electron chi connectivity index (χ3n) is 4.76. The lowest BCUT2D eigenvalue weighted by atomic mass is 9.98. The van der Waals surface area contributed by atoms with Crippen LogP contribution in [0.4, 0.5) is 10.5 Å². The highest BCUT2D eigenvalue weighted by Crippen LogP contribution is 2.31. The minimum atomic E-state index is -0.0801. The predicted octanol–water partition coefficient (Wildman–Crippen LogP) is 4.03. The van der Waals surface area contributed by atoms with Crippen molar-refractivity contribution >= 4 is 22.6 Å². The number of anilines is 1. The SMILES string of the molecule is Cc1cc(NC(=O)N2CCCC[C@H]2c2cn[nH]c2)c2ncccc2c1. The van der Waals surface area contributed by atoms with E-state index in [2.05, 4.69) is 26.6 Å². The Balaban J connectivity index is 1.63. The lowest BCUT2D eigenvalue weighted by Crippen LogP contribution is -2.41. The summed E-state index contributed by atoms with van der Waals surface area (Å²) >= 11 is 0. The standard InChI is InChI=1S/C19H21N5O/c1-13-9-14-5-4-7-20-18(14)16(10-13)23-19(25)24-8-3-2-6-17(24)15-11-21-22-12-15/h4-5,7,9-12,17H,2-3,6,8H2,1H3,(H,21,22)(H,23,25)/t17-/m0/s1. The Labute approximate surface area is 146 Å². The van der Waals surface area contributed by atoms with Crippen molar-refractivity contribution < 1.29 is 4.79 Å². The van der Waals surface area contributed by atoms with Crippen LogP contribution in [0.15, 0.2) is 42.9 Å². The number of hydrogen-bond acceptors (Lipinski definition) is 3. The number of amides is 2. The average Bonchev–Trinajstić information content (AvgIpc) is 3.16. The fraction of sp³-hybridized carbons (Fsp3) is 0.316. The first-order valence-corrected chi connectivity index (χ1v) is 8.64. The molecule has 1 saturated heterocycles. The molecule has 0 saturated carbocycles. The minimum absolute atomic E-state index is 0.0662. The van der Waals surface area contributed by atoms with Gasteiger partial charge in [-0.2, -0.15) is 5.10 Å². The number of hydrogen-bond donors (Lipinski definition) is 2. The third-order valence-corrected chi connectivity index (χ3v) is 4.76. The van der Waals surface area contributed by atoms with Crippen LogP contribution in [0.3, 0.4) is 0 Å². The molecule has 25 heavy (non-hydrogen) atoms. The van der Waals surface area contributed by atoms with Gasteiger partial charge in [-0.15, -0.1) is 0 Å². The molecule has 2 N–H and O–H groups in total. The minimum Gasteiger partial charge on any atom is -0.317 e. The van der Waals surface area contributed by atoms with Crippen molar-refractivity contribution in [3.8, 4) is 0 Å². The van der Waals surface area contributed by atoms with Gasteiger partial charge < -0.3 is 10.2 Å². The van der Waals surface area contributed by atoms with E-state index in [4.69, 9.17) is 0 Å². The van der Waals surface area contributed by atoms with E-state index < -0.39 is 0 Å². The molecule has 0 radical (unpaired) electrons. The van der Waals surface area contributed by atoms with Gasteiger partial charge in [0, 0.05) is 29.9 Å². The highest BCUT2D eigenvalue weighted by molar-refractivity contribution is 6.00. The number of fused-ring (bicyclic) bond motifs is 1. The second kappa shape index (κ2) is 6.55. The monoisotopic (exact) mass is 335 g/mol. The van der Waals surface area contributed by atoms with Crippen molar-refractivity contribution in [2.45, 2.75) is 32.2 Å². The first-order valence-electron chi connectivity index (χ1n) is 8.64. The number of carbonyl (C=O) groups excluding carboxylic acids is 1. The van der Waals surface area contributed by atoms with Crippen LogP contribution in [-0.4, -0.2) is 32.7 Å². The van der Waals surface area contributed by atoms with Gasteiger partial charge in [0.2, 0.25) is 0 Å². The quantitative estimate of drug-likeness (QED) is 0.742. The van der Waals surface area contributed by atoms with Crippen LogP contribution in [0.25, 0.3) is 10.9 Å². The molecule has 0 aliphatic carbocycles. The van der Waals surface area contributed by atoms with Crippen LogP contribution in [0, 0.1) is 6.92 Å². The van der Waals surface area contributed by atoms with Gasteiger partial charge in [-0.3, -0.25) is 10.1 Å². The Morgan fingerprint density at radius 1 is 1.36 bits per heavy atom. The van der Waals surface area contributed by atoms with Gasteiger partial charge in [-0.1, -0.05) is 6.07 Å². The van der Waals surface area contributed by atoms with Crippen LogP contribution in [0.1, 0.15) is 36.4 Å². The van der Waals surface area contributed by atoms with Gasteiger partial charge in [0.15, 0.2) is 0 Å². The molecule has 1 fully saturated rings. The second-order valence-corrected chi connectivity index (χ2v) is 6.55. The summed E-state index contributed by atoms with van der Waals surface area (Å²) in [5.41, 5.74) is 3.73. The number of H-pyrrole nitrogens is 1. The maximum Gasteiger partial charge on any atom is 0.322 e. The predicted molar refractivity (Wildman–Crippen MR) is 97.4 cm³/mol. The van der Waals surface area contributed by atoms with E-state index in [1.165, 1.54) is 0 Å². The number of likely N-dealkylation sites (tertiary alicyclic amines) is 1. The van der Waals surface area contributed by atoms with Crippen molar-refractivity contribution in [1.82, 2.24) is 20.1 Å². The van der Waals surface area contributed by atoms with Crippen LogP contribution >= 0.6 is 0 Å². The van der Waals surface area contributed by atoms with Gasteiger partial charge in [0.25, 0.3) is 0 Å². The van der Waals surface area contributed by atoms with Crippen molar-refractivity contribution in [1.29, 1.82) is 0 Å². The molecule has 128 valence electrons.